The first-order valence-electron chi connectivity index (χ1n) is 18.7. The molecule has 0 spiro atoms. The van der Waals surface area contributed by atoms with Gasteiger partial charge in [0.25, 0.3) is 0 Å². The summed E-state index contributed by atoms with van der Waals surface area (Å²) < 4.78 is 21.8. The van der Waals surface area contributed by atoms with Crippen molar-refractivity contribution in [2.24, 2.45) is 0 Å². The van der Waals surface area contributed by atoms with Gasteiger partial charge in [-0.1, -0.05) is 126 Å². The third-order valence-electron chi connectivity index (χ3n) is 8.31. The second-order valence-electron chi connectivity index (χ2n) is 12.7. The minimum Gasteiger partial charge on any atom is -0.458 e. The third kappa shape index (κ3) is 23.5. The largest absolute Gasteiger partial charge is 0.458 e. The molecule has 0 radical (unpaired) electrons. The molecule has 1 aliphatic rings. The number of hydrogen-bond acceptors (Lipinski definition) is 9. The number of unbranched alkanes of at least 4 members (excludes halogenated alkanes) is 13. The van der Waals surface area contributed by atoms with Gasteiger partial charge < -0.3 is 39.4 Å². The average molecular weight is 681 g/mol. The van der Waals surface area contributed by atoms with Crippen molar-refractivity contribution in [3.8, 4) is 0 Å². The summed E-state index contributed by atoms with van der Waals surface area (Å²) in [5.74, 6) is -0.491. The number of hydrogen-bond donors (Lipinski definition) is 4. The summed E-state index contributed by atoms with van der Waals surface area (Å²) in [6.07, 6.45) is 32.2. The van der Waals surface area contributed by atoms with E-state index in [1.54, 1.807) is 0 Å². The van der Waals surface area contributed by atoms with Crippen molar-refractivity contribution in [2.45, 2.75) is 166 Å². The van der Waals surface area contributed by atoms with Crippen molar-refractivity contribution in [1.29, 1.82) is 0 Å². The highest BCUT2D eigenvalue weighted by Gasteiger charge is 2.44. The van der Waals surface area contributed by atoms with Crippen molar-refractivity contribution < 1.29 is 44.2 Å². The normalized spacial score (nSPS) is 22.5. The molecule has 278 valence electrons. The monoisotopic (exact) mass is 680 g/mol. The summed E-state index contributed by atoms with van der Waals surface area (Å²) in [4.78, 5) is 11.5. The lowest BCUT2D eigenvalue weighted by atomic mass is 9.99. The van der Waals surface area contributed by atoms with E-state index in [1.807, 2.05) is 0 Å². The summed E-state index contributed by atoms with van der Waals surface area (Å²) in [6.45, 7) is 3.44. The van der Waals surface area contributed by atoms with Gasteiger partial charge in [0.15, 0.2) is 6.29 Å². The van der Waals surface area contributed by atoms with Gasteiger partial charge in [-0.2, -0.15) is 0 Å². The lowest BCUT2D eigenvalue weighted by Gasteiger charge is -2.39. The van der Waals surface area contributed by atoms with E-state index in [2.05, 4.69) is 55.5 Å². The molecule has 6 unspecified atom stereocenters. The quantitative estimate of drug-likeness (QED) is 0.0359. The number of carbonyl (C=O) groups is 1. The minimum atomic E-state index is -1.53. The summed E-state index contributed by atoms with van der Waals surface area (Å²) in [5.41, 5.74) is 0. The first-order chi connectivity index (χ1) is 23.4. The summed E-state index contributed by atoms with van der Waals surface area (Å²) >= 11 is 0. The van der Waals surface area contributed by atoms with Gasteiger partial charge >= 0.3 is 5.97 Å². The van der Waals surface area contributed by atoms with Crippen LogP contribution in [0.5, 0.6) is 0 Å². The number of ether oxygens (including phenoxy) is 4. The zero-order valence-electron chi connectivity index (χ0n) is 30.0. The van der Waals surface area contributed by atoms with Gasteiger partial charge in [0, 0.05) is 13.5 Å². The molecule has 0 aliphatic carbocycles. The fraction of sp³-hybridized carbons (Fsp3) is 0.769. The van der Waals surface area contributed by atoms with Gasteiger partial charge in [0.05, 0.1) is 19.8 Å². The second-order valence-corrected chi connectivity index (χ2v) is 12.7. The molecule has 9 heteroatoms. The molecular formula is C39H68O9. The van der Waals surface area contributed by atoms with Crippen molar-refractivity contribution in [3.05, 3.63) is 48.6 Å². The van der Waals surface area contributed by atoms with Crippen LogP contribution >= 0.6 is 0 Å². The smallest absolute Gasteiger partial charge is 0.303 e. The molecule has 6 atom stereocenters. The lowest BCUT2D eigenvalue weighted by Crippen LogP contribution is -2.59. The summed E-state index contributed by atoms with van der Waals surface area (Å²) in [5, 5.41) is 39.2. The zero-order valence-corrected chi connectivity index (χ0v) is 30.0. The Morgan fingerprint density at radius 1 is 0.667 bits per heavy atom. The molecule has 48 heavy (non-hydrogen) atoms. The predicted octanol–water partition coefficient (Wildman–Crippen LogP) is 7.02. The van der Waals surface area contributed by atoms with Crippen LogP contribution in [0, 0.1) is 0 Å². The van der Waals surface area contributed by atoms with Crippen molar-refractivity contribution in [3.63, 3.8) is 0 Å². The van der Waals surface area contributed by atoms with E-state index in [9.17, 15) is 25.2 Å². The minimum absolute atomic E-state index is 0.127. The molecular weight excluding hydrogens is 612 g/mol. The van der Waals surface area contributed by atoms with Crippen LogP contribution in [0.4, 0.5) is 0 Å². The summed E-state index contributed by atoms with van der Waals surface area (Å²) in [7, 11) is 0. The van der Waals surface area contributed by atoms with Gasteiger partial charge in [-0.25, -0.2) is 0 Å². The Morgan fingerprint density at radius 3 is 1.69 bits per heavy atom. The van der Waals surface area contributed by atoms with Gasteiger partial charge in [0.1, 0.15) is 30.5 Å². The predicted molar refractivity (Wildman–Crippen MR) is 191 cm³/mol. The number of allylic oxidation sites excluding steroid dienone is 8. The van der Waals surface area contributed by atoms with Gasteiger partial charge in [0.2, 0.25) is 0 Å². The van der Waals surface area contributed by atoms with Crippen molar-refractivity contribution in [2.75, 3.05) is 26.4 Å². The Labute approximate surface area is 291 Å². The Kier molecular flexibility index (Phi) is 28.7. The Balaban J connectivity index is 1.93. The van der Waals surface area contributed by atoms with Crippen LogP contribution in [0.25, 0.3) is 0 Å². The van der Waals surface area contributed by atoms with E-state index >= 15 is 0 Å². The molecule has 1 aliphatic heterocycles. The third-order valence-corrected chi connectivity index (χ3v) is 8.31. The molecule has 4 N–H and O–H groups in total. The van der Waals surface area contributed by atoms with Gasteiger partial charge in [-0.05, 0) is 44.9 Å². The van der Waals surface area contributed by atoms with Crippen LogP contribution in [-0.2, 0) is 23.7 Å². The van der Waals surface area contributed by atoms with E-state index in [4.69, 9.17) is 18.9 Å². The lowest BCUT2D eigenvalue weighted by molar-refractivity contribution is -0.305. The number of carbonyl (C=O) groups excluding carboxylic acids is 1. The Morgan fingerprint density at radius 2 is 1.17 bits per heavy atom. The van der Waals surface area contributed by atoms with E-state index in [0.29, 0.717) is 6.61 Å². The molecule has 0 saturated carbocycles. The number of esters is 1. The Hall–Kier alpha value is -1.85. The second kappa shape index (κ2) is 31.2. The molecule has 0 aromatic carbocycles. The highest BCUT2D eigenvalue weighted by molar-refractivity contribution is 5.66. The highest BCUT2D eigenvalue weighted by atomic mass is 16.7. The van der Waals surface area contributed by atoms with Crippen LogP contribution < -0.4 is 0 Å². The van der Waals surface area contributed by atoms with Crippen LogP contribution in [0.15, 0.2) is 48.6 Å². The number of aliphatic hydroxyl groups excluding tert-OH is 4. The molecule has 0 aromatic heterocycles. The van der Waals surface area contributed by atoms with E-state index < -0.39 is 49.4 Å². The van der Waals surface area contributed by atoms with Crippen molar-refractivity contribution in [1.82, 2.24) is 0 Å². The molecule has 0 bridgehead atoms. The van der Waals surface area contributed by atoms with E-state index in [1.165, 1.54) is 84.0 Å². The maximum Gasteiger partial charge on any atom is 0.303 e. The van der Waals surface area contributed by atoms with Crippen LogP contribution in [0.2, 0.25) is 0 Å². The van der Waals surface area contributed by atoms with Crippen LogP contribution in [0.3, 0.4) is 0 Å². The number of rotatable bonds is 30. The van der Waals surface area contributed by atoms with Crippen molar-refractivity contribution >= 4 is 5.97 Å². The highest BCUT2D eigenvalue weighted by Crippen LogP contribution is 2.22. The maximum absolute atomic E-state index is 11.5. The topological polar surface area (TPSA) is 135 Å². The molecule has 0 amide bonds. The molecule has 1 rings (SSSR count). The fourth-order valence-corrected chi connectivity index (χ4v) is 5.48. The summed E-state index contributed by atoms with van der Waals surface area (Å²) in [6, 6.07) is 0. The average Bonchev–Trinajstić information content (AvgIpc) is 3.07. The van der Waals surface area contributed by atoms with Gasteiger partial charge in [-0.3, -0.25) is 4.79 Å². The van der Waals surface area contributed by atoms with Crippen LogP contribution in [-0.4, -0.2) is 89.6 Å². The fourth-order valence-electron chi connectivity index (χ4n) is 5.48. The van der Waals surface area contributed by atoms with E-state index in [0.717, 1.165) is 38.5 Å². The van der Waals surface area contributed by atoms with Crippen LogP contribution in [0.1, 0.15) is 129 Å². The van der Waals surface area contributed by atoms with E-state index in [-0.39, 0.29) is 13.2 Å². The first kappa shape index (κ1) is 44.2. The number of aliphatic hydroxyl groups is 4. The molecule has 9 nitrogen and oxygen atoms in total. The zero-order chi connectivity index (χ0) is 35.1. The molecule has 1 heterocycles. The maximum atomic E-state index is 11.5. The SMILES string of the molecule is CC/C=C\C/C=C\C/C=C\C/C=C\CCCCCCCCCCCCCCCOCC(COC1OC(CO)C(O)C(O)C1O)OC(C)=O. The molecule has 1 fully saturated rings. The first-order valence-corrected chi connectivity index (χ1v) is 18.7. The molecule has 1 saturated heterocycles. The molecule has 0 aromatic rings. The Bertz CT molecular complexity index is 870. The van der Waals surface area contributed by atoms with Gasteiger partial charge in [-0.15, -0.1) is 0 Å². The standard InChI is InChI=1S/C39H68O9/c1-3-4-5-6-7-8-9-10-11-12-13-14-15-16-17-18-19-20-21-22-23-24-25-26-27-28-29-45-31-34(47-33(2)41)32-46-39-38(44)37(43)36(42)35(30-40)48-39/h4-5,7-8,10-11,13-14,34-40,42-44H,3,6,9,12,15-32H2,1-2H3/b5-4-,8-7-,11-10-,14-13-.